The lowest BCUT2D eigenvalue weighted by Gasteiger charge is -2.45. The molecule has 3 aromatic rings. The Morgan fingerprint density at radius 1 is 1.10 bits per heavy atom. The van der Waals surface area contributed by atoms with E-state index in [-0.39, 0.29) is 40.1 Å². The highest BCUT2D eigenvalue weighted by Gasteiger charge is 2.62. The van der Waals surface area contributed by atoms with E-state index in [2.05, 4.69) is 51.1 Å². The summed E-state index contributed by atoms with van der Waals surface area (Å²) >= 11 is 0. The van der Waals surface area contributed by atoms with Crippen LogP contribution in [-0.4, -0.2) is 40.4 Å². The van der Waals surface area contributed by atoms with Gasteiger partial charge in [0.15, 0.2) is 15.7 Å². The Kier molecular flexibility index (Phi) is 6.45. The molecule has 2 aromatic heterocycles. The molecule has 1 aliphatic heterocycles. The Balaban J connectivity index is 1.44. The van der Waals surface area contributed by atoms with Crippen LogP contribution < -0.4 is 0 Å². The maximum Gasteiger partial charge on any atom is 0.199 e. The van der Waals surface area contributed by atoms with Gasteiger partial charge in [-0.1, -0.05) is 44.7 Å². The maximum absolute atomic E-state index is 14.8. The molecule has 8 nitrogen and oxygen atoms in total. The van der Waals surface area contributed by atoms with Crippen LogP contribution >= 0.6 is 0 Å². The average Bonchev–Trinajstić information content (AvgIpc) is 3.51. The van der Waals surface area contributed by atoms with Gasteiger partial charge in [0.05, 0.1) is 22.4 Å². The molecular formula is C30H30F2N6O2S. The van der Waals surface area contributed by atoms with E-state index in [1.54, 1.807) is 26.0 Å². The minimum atomic E-state index is -3.36. The number of fused-ring (bicyclic) bond motifs is 6. The summed E-state index contributed by atoms with van der Waals surface area (Å²) < 4.78 is 54.3. The highest BCUT2D eigenvalue weighted by atomic mass is 32.2. The molecule has 1 aromatic carbocycles. The summed E-state index contributed by atoms with van der Waals surface area (Å²) in [7, 11) is -3.36. The van der Waals surface area contributed by atoms with Gasteiger partial charge in [0.25, 0.3) is 0 Å². The molecule has 0 spiro atoms. The lowest BCUT2D eigenvalue weighted by Crippen LogP contribution is -2.48. The van der Waals surface area contributed by atoms with Crippen molar-refractivity contribution >= 4 is 15.5 Å². The molecular weight excluding hydrogens is 546 g/mol. The third kappa shape index (κ3) is 4.14. The number of sulfone groups is 1. The highest BCUT2D eigenvalue weighted by molar-refractivity contribution is 7.91. The van der Waals surface area contributed by atoms with Crippen LogP contribution in [0, 0.1) is 40.7 Å². The number of halogens is 2. The van der Waals surface area contributed by atoms with Crippen molar-refractivity contribution in [3.05, 3.63) is 71.2 Å². The van der Waals surface area contributed by atoms with Gasteiger partial charge in [-0.15, -0.1) is 0 Å². The topological polar surface area (TPSA) is 113 Å². The number of H-pyrrole nitrogens is 1. The van der Waals surface area contributed by atoms with E-state index in [9.17, 15) is 17.2 Å². The van der Waals surface area contributed by atoms with Gasteiger partial charge in [0.1, 0.15) is 34.4 Å². The lowest BCUT2D eigenvalue weighted by atomic mass is 9.58. The van der Waals surface area contributed by atoms with Crippen LogP contribution in [0.2, 0.25) is 0 Å². The van der Waals surface area contributed by atoms with Gasteiger partial charge in [-0.3, -0.25) is 5.10 Å². The number of rotatable bonds is 6. The zero-order chi connectivity index (χ0) is 29.2. The molecule has 3 aliphatic rings. The fourth-order valence-electron chi connectivity index (χ4n) is 6.79. The fraction of sp³-hybridized carbons (Fsp3) is 0.433. The first-order valence-corrected chi connectivity index (χ1v) is 15.4. The van der Waals surface area contributed by atoms with Crippen molar-refractivity contribution in [1.29, 1.82) is 0 Å². The Bertz CT molecular complexity index is 1750. The zero-order valence-electron chi connectivity index (χ0n) is 23.2. The minimum absolute atomic E-state index is 0.00516. The van der Waals surface area contributed by atoms with Crippen LogP contribution in [0.5, 0.6) is 0 Å². The van der Waals surface area contributed by atoms with Crippen LogP contribution in [0.25, 0.3) is 17.2 Å². The van der Waals surface area contributed by atoms with Crippen LogP contribution in [0.1, 0.15) is 62.9 Å². The molecule has 1 N–H and O–H groups in total. The molecule has 0 saturated heterocycles. The smallest absolute Gasteiger partial charge is 0.199 e. The van der Waals surface area contributed by atoms with E-state index in [4.69, 9.17) is 4.98 Å². The molecule has 4 bridgehead atoms. The SMILES string of the molecule is CCS(=O)(=O)[C@H](C)c1nc(-c2cccc([C@@]34CC[C@@H](C5C#CC3N=NC(c3c(F)cccc3F)=C5)C4(C)C)n2)n[nH]1. The van der Waals surface area contributed by atoms with Crippen molar-refractivity contribution in [2.45, 2.75) is 57.2 Å². The second kappa shape index (κ2) is 9.65. The molecule has 212 valence electrons. The van der Waals surface area contributed by atoms with Crippen LogP contribution in [-0.2, 0) is 15.3 Å². The molecule has 0 amide bonds. The number of hydrogen-bond acceptors (Lipinski definition) is 7. The average molecular weight is 577 g/mol. The summed E-state index contributed by atoms with van der Waals surface area (Å²) in [6.07, 6.45) is 3.33. The van der Waals surface area contributed by atoms with E-state index in [0.717, 1.165) is 18.5 Å². The number of aromatic nitrogens is 4. The van der Waals surface area contributed by atoms with Gasteiger partial charge < -0.3 is 0 Å². The largest absolute Gasteiger partial charge is 0.262 e. The van der Waals surface area contributed by atoms with Gasteiger partial charge in [0, 0.05) is 11.7 Å². The van der Waals surface area contributed by atoms with E-state index in [1.807, 2.05) is 12.1 Å². The van der Waals surface area contributed by atoms with Gasteiger partial charge in [0.2, 0.25) is 0 Å². The Morgan fingerprint density at radius 2 is 1.83 bits per heavy atom. The van der Waals surface area contributed by atoms with Crippen molar-refractivity contribution in [3.63, 3.8) is 0 Å². The standard InChI is InChI=1S/C30H30F2N6O2S/c1-5-41(39,40)17(2)27-34-28(38-37-27)22-10-7-11-24(33-22)30-15-14-19(29(30,3)4)18-12-13-25(30)36-35-23(16-18)26-20(31)8-6-9-21(26)32/h6-11,16-19,25H,5,14-15H2,1-4H3,(H,34,37,38)/t17-,18?,19+,25?,30+/m1/s1. The number of allylic oxidation sites excluding steroid dienone is 1. The van der Waals surface area contributed by atoms with Crippen LogP contribution in [0.4, 0.5) is 8.78 Å². The molecule has 0 radical (unpaired) electrons. The number of aromatic amines is 1. The summed E-state index contributed by atoms with van der Waals surface area (Å²) in [6.45, 7) is 7.53. The molecule has 11 heteroatoms. The van der Waals surface area contributed by atoms with Crippen molar-refractivity contribution in [1.82, 2.24) is 20.2 Å². The summed E-state index contributed by atoms with van der Waals surface area (Å²) in [5.41, 5.74) is 0.168. The first kappa shape index (κ1) is 27.4. The van der Waals surface area contributed by atoms with E-state index in [1.165, 1.54) is 18.2 Å². The molecule has 2 aliphatic carbocycles. The number of nitrogens with zero attached hydrogens (tertiary/aromatic N) is 5. The minimum Gasteiger partial charge on any atom is -0.262 e. The molecule has 5 atom stereocenters. The van der Waals surface area contributed by atoms with E-state index >= 15 is 0 Å². The summed E-state index contributed by atoms with van der Waals surface area (Å²) in [5.74, 6) is 5.62. The van der Waals surface area contributed by atoms with E-state index in [0.29, 0.717) is 11.5 Å². The normalized spacial score (nSPS) is 26.9. The molecule has 6 rings (SSSR count). The summed E-state index contributed by atoms with van der Waals surface area (Å²) in [6, 6.07) is 8.75. The number of azo groups is 1. The van der Waals surface area contributed by atoms with Crippen molar-refractivity contribution in [3.8, 4) is 23.4 Å². The molecule has 1 fully saturated rings. The van der Waals surface area contributed by atoms with Gasteiger partial charge >= 0.3 is 0 Å². The van der Waals surface area contributed by atoms with Crippen LogP contribution in [0.15, 0.2) is 52.7 Å². The Labute approximate surface area is 237 Å². The number of hydrogen-bond donors (Lipinski definition) is 1. The fourth-order valence-corrected chi connectivity index (χ4v) is 7.74. The van der Waals surface area contributed by atoms with Gasteiger partial charge in [-0.2, -0.15) is 15.3 Å². The second-order valence-electron chi connectivity index (χ2n) is 11.5. The molecule has 2 unspecified atom stereocenters. The van der Waals surface area contributed by atoms with Crippen LogP contribution in [0.3, 0.4) is 0 Å². The quantitative estimate of drug-likeness (QED) is 0.372. The number of benzene rings is 1. The summed E-state index contributed by atoms with van der Waals surface area (Å²) in [5, 5.41) is 15.3. The Morgan fingerprint density at radius 3 is 2.56 bits per heavy atom. The third-order valence-corrected chi connectivity index (χ3v) is 11.4. The molecule has 1 saturated carbocycles. The van der Waals surface area contributed by atoms with Crippen molar-refractivity contribution in [2.24, 2.45) is 27.5 Å². The predicted molar refractivity (Wildman–Crippen MR) is 150 cm³/mol. The van der Waals surface area contributed by atoms with Gasteiger partial charge in [-0.05, 0) is 61.4 Å². The van der Waals surface area contributed by atoms with Crippen molar-refractivity contribution < 1.29 is 17.2 Å². The highest BCUT2D eigenvalue weighted by Crippen LogP contribution is 2.63. The third-order valence-electron chi connectivity index (χ3n) is 9.31. The second-order valence-corrected chi connectivity index (χ2v) is 14.1. The molecule has 41 heavy (non-hydrogen) atoms. The monoisotopic (exact) mass is 576 g/mol. The van der Waals surface area contributed by atoms with Crippen molar-refractivity contribution in [2.75, 3.05) is 5.75 Å². The summed E-state index contributed by atoms with van der Waals surface area (Å²) in [4.78, 5) is 9.49. The first-order valence-electron chi connectivity index (χ1n) is 13.7. The first-order chi connectivity index (χ1) is 19.5. The Hall–Kier alpha value is -3.78. The number of nitrogens with one attached hydrogen (secondary N) is 1. The number of pyridine rings is 1. The van der Waals surface area contributed by atoms with Gasteiger partial charge in [-0.25, -0.2) is 27.2 Å². The zero-order valence-corrected chi connectivity index (χ0v) is 24.0. The lowest BCUT2D eigenvalue weighted by molar-refractivity contribution is 0.122. The maximum atomic E-state index is 14.8. The van der Waals surface area contributed by atoms with E-state index < -0.39 is 38.2 Å². The predicted octanol–water partition coefficient (Wildman–Crippen LogP) is 5.82. The molecule has 3 heterocycles.